The highest BCUT2D eigenvalue weighted by molar-refractivity contribution is 5.91. The Morgan fingerprint density at radius 1 is 1.00 bits per heavy atom. The van der Waals surface area contributed by atoms with Crippen LogP contribution < -0.4 is 15.5 Å². The molecule has 6 heteroatoms. The van der Waals surface area contributed by atoms with Gasteiger partial charge >= 0.3 is 0 Å². The number of hydrogen-bond donors (Lipinski definition) is 2. The van der Waals surface area contributed by atoms with Crippen molar-refractivity contribution >= 4 is 17.3 Å². The SMILES string of the molecule is O=C(CCCc1ccccc1)Nc1cccc(N2CCC(NCCCn3cccn3)CC2)c1. The van der Waals surface area contributed by atoms with Gasteiger partial charge in [0.05, 0.1) is 0 Å². The molecule has 174 valence electrons. The number of aryl methyl sites for hydroxylation is 2. The average molecular weight is 446 g/mol. The van der Waals surface area contributed by atoms with E-state index in [1.165, 1.54) is 11.3 Å². The van der Waals surface area contributed by atoms with Crippen LogP contribution in [0.3, 0.4) is 0 Å². The minimum atomic E-state index is 0.0844. The summed E-state index contributed by atoms with van der Waals surface area (Å²) >= 11 is 0. The van der Waals surface area contributed by atoms with Crippen molar-refractivity contribution in [3.8, 4) is 0 Å². The third-order valence-corrected chi connectivity index (χ3v) is 6.26. The number of rotatable bonds is 11. The topological polar surface area (TPSA) is 62.2 Å². The van der Waals surface area contributed by atoms with Crippen LogP contribution in [0.1, 0.15) is 37.7 Å². The third kappa shape index (κ3) is 7.46. The molecule has 6 nitrogen and oxygen atoms in total. The molecule has 0 spiro atoms. The van der Waals surface area contributed by atoms with Crippen LogP contribution in [0.25, 0.3) is 0 Å². The van der Waals surface area contributed by atoms with Crippen molar-refractivity contribution in [2.24, 2.45) is 0 Å². The van der Waals surface area contributed by atoms with E-state index in [0.717, 1.165) is 64.0 Å². The molecule has 0 radical (unpaired) electrons. The largest absolute Gasteiger partial charge is 0.371 e. The van der Waals surface area contributed by atoms with Gasteiger partial charge in [-0.2, -0.15) is 5.10 Å². The molecule has 2 aromatic carbocycles. The van der Waals surface area contributed by atoms with E-state index in [2.05, 4.69) is 44.9 Å². The van der Waals surface area contributed by atoms with Crippen molar-refractivity contribution in [3.63, 3.8) is 0 Å². The maximum Gasteiger partial charge on any atom is 0.224 e. The lowest BCUT2D eigenvalue weighted by atomic mass is 10.0. The molecule has 0 bridgehead atoms. The highest BCUT2D eigenvalue weighted by Gasteiger charge is 2.19. The second kappa shape index (κ2) is 12.2. The Morgan fingerprint density at radius 3 is 2.64 bits per heavy atom. The monoisotopic (exact) mass is 445 g/mol. The van der Waals surface area contributed by atoms with Crippen LogP contribution in [0.5, 0.6) is 0 Å². The van der Waals surface area contributed by atoms with Gasteiger partial charge in [0.15, 0.2) is 0 Å². The smallest absolute Gasteiger partial charge is 0.224 e. The summed E-state index contributed by atoms with van der Waals surface area (Å²) in [5.74, 6) is 0.0844. The number of hydrogen-bond acceptors (Lipinski definition) is 4. The maximum absolute atomic E-state index is 12.4. The molecule has 1 aromatic heterocycles. The molecular formula is C27H35N5O. The van der Waals surface area contributed by atoms with Gasteiger partial charge in [0.25, 0.3) is 0 Å². The molecule has 1 aliphatic heterocycles. The Bertz CT molecular complexity index is 965. The van der Waals surface area contributed by atoms with Gasteiger partial charge < -0.3 is 15.5 Å². The standard InChI is InChI=1S/C27H35N5O/c33-27(13-4-10-23-8-2-1-3-9-23)30-25-11-5-12-26(22-25)31-20-14-24(15-21-31)28-16-6-18-32-19-7-17-29-32/h1-3,5,7-9,11-12,17,19,22,24,28H,4,6,10,13-16,18,20-21H2,(H,30,33). The zero-order valence-corrected chi connectivity index (χ0v) is 19.3. The lowest BCUT2D eigenvalue weighted by Gasteiger charge is -2.34. The van der Waals surface area contributed by atoms with Gasteiger partial charge in [-0.25, -0.2) is 0 Å². The van der Waals surface area contributed by atoms with Crippen LogP contribution in [0.2, 0.25) is 0 Å². The van der Waals surface area contributed by atoms with Crippen LogP contribution in [-0.2, 0) is 17.8 Å². The fraction of sp³-hybridized carbons (Fsp3) is 0.407. The van der Waals surface area contributed by atoms with Crippen LogP contribution in [0.15, 0.2) is 73.1 Å². The number of carbonyl (C=O) groups excluding carboxylic acids is 1. The third-order valence-electron chi connectivity index (χ3n) is 6.26. The molecule has 0 unspecified atom stereocenters. The summed E-state index contributed by atoms with van der Waals surface area (Å²) in [7, 11) is 0. The molecule has 1 amide bonds. The van der Waals surface area contributed by atoms with E-state index in [9.17, 15) is 4.79 Å². The molecule has 0 aliphatic carbocycles. The first-order valence-electron chi connectivity index (χ1n) is 12.2. The van der Waals surface area contributed by atoms with Crippen molar-refractivity contribution in [1.82, 2.24) is 15.1 Å². The lowest BCUT2D eigenvalue weighted by molar-refractivity contribution is -0.116. The van der Waals surface area contributed by atoms with E-state index < -0.39 is 0 Å². The van der Waals surface area contributed by atoms with Crippen molar-refractivity contribution in [3.05, 3.63) is 78.6 Å². The number of aromatic nitrogens is 2. The summed E-state index contributed by atoms with van der Waals surface area (Å²) in [5.41, 5.74) is 3.35. The van der Waals surface area contributed by atoms with Gasteiger partial charge in [0, 0.05) is 55.9 Å². The Balaban J connectivity index is 1.16. The van der Waals surface area contributed by atoms with Crippen LogP contribution >= 0.6 is 0 Å². The predicted octanol–water partition coefficient (Wildman–Crippen LogP) is 4.49. The number of piperidine rings is 1. The summed E-state index contributed by atoms with van der Waals surface area (Å²) in [6, 6.07) is 21.1. The molecule has 2 N–H and O–H groups in total. The minimum Gasteiger partial charge on any atom is -0.371 e. The summed E-state index contributed by atoms with van der Waals surface area (Å²) in [5, 5.41) is 11.0. The van der Waals surface area contributed by atoms with Crippen molar-refractivity contribution < 1.29 is 4.79 Å². The molecule has 0 atom stereocenters. The molecule has 33 heavy (non-hydrogen) atoms. The lowest BCUT2D eigenvalue weighted by Crippen LogP contribution is -2.43. The number of amides is 1. The average Bonchev–Trinajstić information content (AvgIpc) is 3.37. The van der Waals surface area contributed by atoms with E-state index in [0.29, 0.717) is 12.5 Å². The predicted molar refractivity (Wildman–Crippen MR) is 135 cm³/mol. The first-order chi connectivity index (χ1) is 16.3. The summed E-state index contributed by atoms with van der Waals surface area (Å²) in [4.78, 5) is 14.8. The zero-order chi connectivity index (χ0) is 22.7. The molecule has 0 saturated carbocycles. The Morgan fingerprint density at radius 2 is 1.85 bits per heavy atom. The quantitative estimate of drug-likeness (QED) is 0.427. The van der Waals surface area contributed by atoms with Gasteiger partial charge in [0.1, 0.15) is 0 Å². The molecule has 2 heterocycles. The van der Waals surface area contributed by atoms with E-state index in [-0.39, 0.29) is 5.91 Å². The summed E-state index contributed by atoms with van der Waals surface area (Å²) < 4.78 is 1.99. The molecule has 1 saturated heterocycles. The summed E-state index contributed by atoms with van der Waals surface area (Å²) in [6.45, 7) is 4.05. The molecule has 1 fully saturated rings. The second-order valence-corrected chi connectivity index (χ2v) is 8.78. The van der Waals surface area contributed by atoms with Gasteiger partial charge in [0.2, 0.25) is 5.91 Å². The fourth-order valence-electron chi connectivity index (χ4n) is 4.42. The number of benzene rings is 2. The zero-order valence-electron chi connectivity index (χ0n) is 19.3. The number of nitrogens with one attached hydrogen (secondary N) is 2. The Hall–Kier alpha value is -3.12. The Labute approximate surface area is 197 Å². The van der Waals surface area contributed by atoms with E-state index in [1.54, 1.807) is 0 Å². The highest BCUT2D eigenvalue weighted by atomic mass is 16.1. The second-order valence-electron chi connectivity index (χ2n) is 8.78. The number of carbonyl (C=O) groups is 1. The molecule has 4 rings (SSSR count). The van der Waals surface area contributed by atoms with Crippen molar-refractivity contribution in [1.29, 1.82) is 0 Å². The highest BCUT2D eigenvalue weighted by Crippen LogP contribution is 2.23. The fourth-order valence-corrected chi connectivity index (χ4v) is 4.42. The first-order valence-corrected chi connectivity index (χ1v) is 12.2. The van der Waals surface area contributed by atoms with E-state index in [4.69, 9.17) is 0 Å². The van der Waals surface area contributed by atoms with Crippen molar-refractivity contribution in [2.75, 3.05) is 29.9 Å². The first kappa shape index (κ1) is 23.1. The van der Waals surface area contributed by atoms with Gasteiger partial charge in [-0.05, 0) is 68.5 Å². The Kier molecular flexibility index (Phi) is 8.53. The molecule has 3 aromatic rings. The van der Waals surface area contributed by atoms with Gasteiger partial charge in [-0.15, -0.1) is 0 Å². The number of nitrogens with zero attached hydrogens (tertiary/aromatic N) is 3. The van der Waals surface area contributed by atoms with Crippen LogP contribution in [0, 0.1) is 0 Å². The maximum atomic E-state index is 12.4. The van der Waals surface area contributed by atoms with Gasteiger partial charge in [-0.1, -0.05) is 36.4 Å². The van der Waals surface area contributed by atoms with Gasteiger partial charge in [-0.3, -0.25) is 9.48 Å². The minimum absolute atomic E-state index is 0.0844. The number of anilines is 2. The van der Waals surface area contributed by atoms with E-state index in [1.807, 2.05) is 53.5 Å². The van der Waals surface area contributed by atoms with Crippen LogP contribution in [0.4, 0.5) is 11.4 Å². The molecule has 1 aliphatic rings. The summed E-state index contributed by atoms with van der Waals surface area (Å²) in [6.07, 6.45) is 9.54. The van der Waals surface area contributed by atoms with E-state index >= 15 is 0 Å². The normalized spacial score (nSPS) is 14.4. The van der Waals surface area contributed by atoms with Crippen molar-refractivity contribution in [2.45, 2.75) is 51.1 Å². The molecular weight excluding hydrogens is 410 g/mol. The van der Waals surface area contributed by atoms with Crippen LogP contribution in [-0.4, -0.2) is 41.4 Å².